The predicted molar refractivity (Wildman–Crippen MR) is 32.1 cm³/mol. The van der Waals surface area contributed by atoms with E-state index in [0.717, 1.165) is 0 Å². The van der Waals surface area contributed by atoms with Gasteiger partial charge in [0.25, 0.3) is 0 Å². The van der Waals surface area contributed by atoms with E-state index in [1.165, 1.54) is 0 Å². The van der Waals surface area contributed by atoms with Crippen LogP contribution in [0.3, 0.4) is 0 Å². The van der Waals surface area contributed by atoms with Crippen LogP contribution >= 0.6 is 0 Å². The molecule has 0 aromatic heterocycles. The minimum Gasteiger partial charge on any atom is -0.726 e. The lowest BCUT2D eigenvalue weighted by molar-refractivity contribution is -0.428. The summed E-state index contributed by atoms with van der Waals surface area (Å²) < 4.78 is 39.2. The molecule has 1 rings (SSSR count). The summed E-state index contributed by atoms with van der Waals surface area (Å²) in [6, 6.07) is -0.279. The van der Waals surface area contributed by atoms with Gasteiger partial charge in [0, 0.05) is 0 Å². The van der Waals surface area contributed by atoms with Crippen molar-refractivity contribution in [2.75, 3.05) is 13.2 Å². The molecule has 0 bridgehead atoms. The highest BCUT2D eigenvalue weighted by molar-refractivity contribution is 7.80. The quantitative estimate of drug-likeness (QED) is 0.375. The van der Waals surface area contributed by atoms with Gasteiger partial charge in [-0.3, -0.25) is 4.18 Å². The number of quaternary nitrogens is 1. The van der Waals surface area contributed by atoms with Gasteiger partial charge in [-0.05, 0) is 0 Å². The molecule has 1 fully saturated rings. The summed E-state index contributed by atoms with van der Waals surface area (Å²) in [7, 11) is -4.61. The van der Waals surface area contributed by atoms with E-state index in [1.54, 1.807) is 0 Å². The van der Waals surface area contributed by atoms with Crippen molar-refractivity contribution >= 4 is 10.4 Å². The fourth-order valence-corrected chi connectivity index (χ4v) is 1.35. The van der Waals surface area contributed by atoms with Crippen molar-refractivity contribution in [2.45, 2.75) is 12.1 Å². The number of hydrogen-bond donors (Lipinski definition) is 1. The molecule has 0 aromatic carbocycles. The molecule has 66 valence electrons. The molecule has 3 N–H and O–H groups in total. The minimum atomic E-state index is -4.61. The minimum absolute atomic E-state index is 0.121. The second-order valence-corrected chi connectivity index (χ2v) is 3.35. The van der Waals surface area contributed by atoms with E-state index >= 15 is 0 Å². The van der Waals surface area contributed by atoms with Crippen molar-refractivity contribution in [3.8, 4) is 0 Å². The lowest BCUT2D eigenvalue weighted by atomic mass is 10.2. The summed E-state index contributed by atoms with van der Waals surface area (Å²) in [5.74, 6) is 0. The van der Waals surface area contributed by atoms with E-state index in [-0.39, 0.29) is 12.6 Å². The Kier molecular flexibility index (Phi) is 2.45. The van der Waals surface area contributed by atoms with Gasteiger partial charge in [0.1, 0.15) is 12.6 Å². The molecule has 0 spiro atoms. The first-order valence-electron chi connectivity index (χ1n) is 3.04. The summed E-state index contributed by atoms with van der Waals surface area (Å²) in [5, 5.41) is 0. The molecular weight excluding hydrogens is 174 g/mol. The molecule has 0 saturated carbocycles. The normalized spacial score (nSPS) is 32.5. The fraction of sp³-hybridized carbons (Fsp3) is 1.00. The number of ether oxygens (including phenoxy) is 1. The zero-order chi connectivity index (χ0) is 8.48. The van der Waals surface area contributed by atoms with Crippen molar-refractivity contribution in [1.29, 1.82) is 0 Å². The molecule has 7 heteroatoms. The molecule has 1 saturated heterocycles. The van der Waals surface area contributed by atoms with Crippen LogP contribution in [0, 0.1) is 0 Å². The van der Waals surface area contributed by atoms with Gasteiger partial charge in [0.05, 0.1) is 6.61 Å². The van der Waals surface area contributed by atoms with Gasteiger partial charge < -0.3 is 15.0 Å². The molecule has 2 atom stereocenters. The van der Waals surface area contributed by atoms with Crippen LogP contribution in [0.1, 0.15) is 0 Å². The van der Waals surface area contributed by atoms with Crippen molar-refractivity contribution in [2.24, 2.45) is 0 Å². The summed E-state index contributed by atoms with van der Waals surface area (Å²) in [6.45, 7) is 0.454. The average molecular weight is 183 g/mol. The zero-order valence-corrected chi connectivity index (χ0v) is 6.54. The van der Waals surface area contributed by atoms with Crippen molar-refractivity contribution in [3.63, 3.8) is 0 Å². The Morgan fingerprint density at radius 3 is 2.55 bits per heavy atom. The Morgan fingerprint density at radius 1 is 1.55 bits per heavy atom. The van der Waals surface area contributed by atoms with E-state index in [4.69, 9.17) is 4.74 Å². The van der Waals surface area contributed by atoms with Crippen molar-refractivity contribution in [3.05, 3.63) is 0 Å². The van der Waals surface area contributed by atoms with Gasteiger partial charge in [-0.2, -0.15) is 0 Å². The monoisotopic (exact) mass is 183 g/mol. The summed E-state index contributed by atoms with van der Waals surface area (Å²) in [4.78, 5) is 0. The fourth-order valence-electron chi connectivity index (χ4n) is 0.837. The highest BCUT2D eigenvalue weighted by atomic mass is 32.3. The Morgan fingerprint density at radius 2 is 2.18 bits per heavy atom. The van der Waals surface area contributed by atoms with Crippen LogP contribution < -0.4 is 5.73 Å². The van der Waals surface area contributed by atoms with Crippen LogP contribution in [-0.2, 0) is 19.3 Å². The smallest absolute Gasteiger partial charge is 0.218 e. The summed E-state index contributed by atoms with van der Waals surface area (Å²) in [5.41, 5.74) is 3.55. The van der Waals surface area contributed by atoms with Crippen LogP contribution in [0.2, 0.25) is 0 Å². The van der Waals surface area contributed by atoms with Gasteiger partial charge in [-0.15, -0.1) is 0 Å². The second kappa shape index (κ2) is 3.03. The number of hydrogen-bond acceptors (Lipinski definition) is 5. The van der Waals surface area contributed by atoms with Crippen molar-refractivity contribution < 1.29 is 27.6 Å². The summed E-state index contributed by atoms with van der Waals surface area (Å²) >= 11 is 0. The van der Waals surface area contributed by atoms with Crippen LogP contribution in [0.25, 0.3) is 0 Å². The van der Waals surface area contributed by atoms with Crippen molar-refractivity contribution in [1.82, 2.24) is 0 Å². The highest BCUT2D eigenvalue weighted by Gasteiger charge is 2.30. The summed E-state index contributed by atoms with van der Waals surface area (Å²) in [6.07, 6.45) is -0.711. The van der Waals surface area contributed by atoms with Crippen LogP contribution in [0.4, 0.5) is 0 Å². The van der Waals surface area contributed by atoms with Gasteiger partial charge in [0.2, 0.25) is 10.4 Å². The van der Waals surface area contributed by atoms with E-state index in [1.807, 2.05) is 0 Å². The molecule has 0 aliphatic carbocycles. The Balaban J connectivity index is 2.50. The lowest BCUT2D eigenvalue weighted by Crippen LogP contribution is -2.66. The van der Waals surface area contributed by atoms with E-state index in [9.17, 15) is 13.0 Å². The Labute approximate surface area is 64.2 Å². The molecule has 1 aliphatic rings. The SMILES string of the molecule is [NH3+][C@@H]1COC[C@H]1OS(=O)(=O)[O-]. The highest BCUT2D eigenvalue weighted by Crippen LogP contribution is 2.07. The Bertz CT molecular complexity index is 225. The molecule has 1 heterocycles. The molecule has 1 aliphatic heterocycles. The van der Waals surface area contributed by atoms with Crippen LogP contribution in [-0.4, -0.2) is 38.3 Å². The van der Waals surface area contributed by atoms with Crippen LogP contribution in [0.15, 0.2) is 0 Å². The van der Waals surface area contributed by atoms with Gasteiger partial charge in [0.15, 0.2) is 6.10 Å². The molecule has 0 radical (unpaired) electrons. The molecular formula is C4H9NO5S. The van der Waals surface area contributed by atoms with Gasteiger partial charge in [-0.1, -0.05) is 0 Å². The molecule has 11 heavy (non-hydrogen) atoms. The molecule has 0 aromatic rings. The first-order chi connectivity index (χ1) is 4.99. The zero-order valence-electron chi connectivity index (χ0n) is 5.73. The Hall–Kier alpha value is -0.210. The average Bonchev–Trinajstić information content (AvgIpc) is 2.12. The first kappa shape index (κ1) is 8.88. The van der Waals surface area contributed by atoms with E-state index in [0.29, 0.717) is 6.61 Å². The van der Waals surface area contributed by atoms with Crippen LogP contribution in [0.5, 0.6) is 0 Å². The maximum Gasteiger partial charge on any atom is 0.218 e. The van der Waals surface area contributed by atoms with E-state index in [2.05, 4.69) is 9.92 Å². The second-order valence-electron chi connectivity index (χ2n) is 2.34. The largest absolute Gasteiger partial charge is 0.726 e. The third kappa shape index (κ3) is 2.72. The van der Waals surface area contributed by atoms with Gasteiger partial charge >= 0.3 is 0 Å². The maximum atomic E-state index is 10.1. The van der Waals surface area contributed by atoms with Gasteiger partial charge in [-0.25, -0.2) is 8.42 Å². The molecule has 0 amide bonds. The first-order valence-corrected chi connectivity index (χ1v) is 4.37. The maximum absolute atomic E-state index is 10.1. The third-order valence-electron chi connectivity index (χ3n) is 1.38. The predicted octanol–water partition coefficient (Wildman–Crippen LogP) is -2.53. The van der Waals surface area contributed by atoms with E-state index < -0.39 is 16.5 Å². The standard InChI is InChI=1S/C4H9NO5S/c5-3-1-9-2-4(3)10-11(6,7)8/h3-4H,1-2,5H2,(H,6,7,8)/t3-,4-/m1/s1. The third-order valence-corrected chi connectivity index (χ3v) is 1.86. The molecule has 6 nitrogen and oxygen atoms in total. The topological polar surface area (TPSA) is 103 Å². The molecule has 0 unspecified atom stereocenters. The number of rotatable bonds is 2. The lowest BCUT2D eigenvalue weighted by Gasteiger charge is -2.13.